The first-order valence-corrected chi connectivity index (χ1v) is 5.40. The van der Waals surface area contributed by atoms with E-state index in [-0.39, 0.29) is 12.5 Å². The van der Waals surface area contributed by atoms with Gasteiger partial charge in [0, 0.05) is 17.2 Å². The molecule has 0 aromatic carbocycles. The van der Waals surface area contributed by atoms with E-state index in [1.807, 2.05) is 11.4 Å². The van der Waals surface area contributed by atoms with E-state index in [2.05, 4.69) is 0 Å². The Morgan fingerprint density at radius 1 is 1.62 bits per heavy atom. The summed E-state index contributed by atoms with van der Waals surface area (Å²) < 4.78 is 0. The Morgan fingerprint density at radius 3 is 3.00 bits per heavy atom. The van der Waals surface area contributed by atoms with E-state index in [0.717, 1.165) is 29.7 Å². The van der Waals surface area contributed by atoms with Crippen molar-refractivity contribution in [1.82, 2.24) is 0 Å². The summed E-state index contributed by atoms with van der Waals surface area (Å²) in [5.74, 6) is 0.485. The van der Waals surface area contributed by atoms with E-state index in [1.54, 1.807) is 0 Å². The number of ketones is 1. The third kappa shape index (κ3) is 1.67. The van der Waals surface area contributed by atoms with Crippen LogP contribution >= 0.6 is 11.3 Å². The van der Waals surface area contributed by atoms with Crippen molar-refractivity contribution in [3.8, 4) is 0 Å². The van der Waals surface area contributed by atoms with Gasteiger partial charge in [0.2, 0.25) is 0 Å². The van der Waals surface area contributed by atoms with Gasteiger partial charge in [-0.15, -0.1) is 11.3 Å². The summed E-state index contributed by atoms with van der Waals surface area (Å²) >= 11 is 1.54. The second kappa shape index (κ2) is 3.60. The molecule has 0 radical (unpaired) electrons. The summed E-state index contributed by atoms with van der Waals surface area (Å²) in [6.45, 7) is 0.0889. The number of aliphatic hydroxyl groups excluding tert-OH is 1. The lowest BCUT2D eigenvalue weighted by Gasteiger charge is -2.03. The van der Waals surface area contributed by atoms with Gasteiger partial charge in [-0.3, -0.25) is 4.79 Å². The van der Waals surface area contributed by atoms with Gasteiger partial charge in [0.05, 0.1) is 6.61 Å². The van der Waals surface area contributed by atoms with Crippen LogP contribution in [0.2, 0.25) is 0 Å². The molecular formula is C10H12O2S. The number of hydrogen-bond donors (Lipinski definition) is 1. The Morgan fingerprint density at radius 2 is 2.46 bits per heavy atom. The molecule has 1 atom stereocenters. The maximum absolute atomic E-state index is 11.4. The average molecular weight is 196 g/mol. The van der Waals surface area contributed by atoms with Gasteiger partial charge in [-0.1, -0.05) is 0 Å². The smallest absolute Gasteiger partial charge is 0.140 e. The molecule has 0 saturated heterocycles. The molecule has 1 aliphatic rings. The van der Waals surface area contributed by atoms with Crippen LogP contribution in [0.5, 0.6) is 0 Å². The molecule has 1 aliphatic carbocycles. The number of aliphatic hydroxyl groups is 1. The summed E-state index contributed by atoms with van der Waals surface area (Å²) in [6, 6.07) is 1.96. The van der Waals surface area contributed by atoms with Crippen LogP contribution in [0.15, 0.2) is 11.4 Å². The van der Waals surface area contributed by atoms with Crippen LogP contribution in [0.25, 0.3) is 0 Å². The van der Waals surface area contributed by atoms with Crippen molar-refractivity contribution in [1.29, 1.82) is 0 Å². The second-order valence-corrected chi connectivity index (χ2v) is 4.41. The molecule has 3 heteroatoms. The third-order valence-electron chi connectivity index (χ3n) is 2.54. The lowest BCUT2D eigenvalue weighted by Crippen LogP contribution is -2.02. The van der Waals surface area contributed by atoms with Gasteiger partial charge < -0.3 is 5.11 Å². The predicted molar refractivity (Wildman–Crippen MR) is 51.8 cm³/mol. The molecule has 1 aromatic rings. The summed E-state index contributed by atoms with van der Waals surface area (Å²) in [6.07, 6.45) is 2.74. The van der Waals surface area contributed by atoms with Crippen LogP contribution in [0.4, 0.5) is 0 Å². The van der Waals surface area contributed by atoms with Gasteiger partial charge >= 0.3 is 0 Å². The van der Waals surface area contributed by atoms with Gasteiger partial charge in [0.1, 0.15) is 5.78 Å². The number of thiophene rings is 1. The van der Waals surface area contributed by atoms with Crippen molar-refractivity contribution in [3.05, 3.63) is 21.9 Å². The summed E-state index contributed by atoms with van der Waals surface area (Å²) in [5.41, 5.74) is 1.11. The van der Waals surface area contributed by atoms with Crippen LogP contribution in [0, 0.1) is 0 Å². The zero-order valence-corrected chi connectivity index (χ0v) is 8.14. The molecule has 0 amide bonds. The zero-order chi connectivity index (χ0) is 9.26. The second-order valence-electron chi connectivity index (χ2n) is 3.42. The highest BCUT2D eigenvalue weighted by molar-refractivity contribution is 7.10. The highest BCUT2D eigenvalue weighted by Gasteiger charge is 2.26. The molecule has 1 aromatic heterocycles. The molecule has 13 heavy (non-hydrogen) atoms. The summed E-state index contributed by atoms with van der Waals surface area (Å²) in [4.78, 5) is 12.4. The lowest BCUT2D eigenvalue weighted by molar-refractivity contribution is -0.118. The number of carbonyl (C=O) groups excluding carboxylic acids is 1. The minimum atomic E-state index is 0.0889. The maximum Gasteiger partial charge on any atom is 0.140 e. The zero-order valence-electron chi connectivity index (χ0n) is 7.32. The van der Waals surface area contributed by atoms with Crippen molar-refractivity contribution in [3.63, 3.8) is 0 Å². The molecule has 1 heterocycles. The van der Waals surface area contributed by atoms with Crippen LogP contribution < -0.4 is 0 Å². The molecule has 0 bridgehead atoms. The Hall–Kier alpha value is -0.670. The normalized spacial score (nSPS) is 22.5. The van der Waals surface area contributed by atoms with E-state index in [4.69, 9.17) is 5.11 Å². The van der Waals surface area contributed by atoms with Crippen molar-refractivity contribution in [2.24, 2.45) is 0 Å². The Balaban J connectivity index is 2.19. The molecule has 0 spiro atoms. The van der Waals surface area contributed by atoms with Crippen molar-refractivity contribution in [2.75, 3.05) is 0 Å². The summed E-state index contributed by atoms with van der Waals surface area (Å²) in [5, 5.41) is 10.9. The molecule has 1 unspecified atom stereocenters. The quantitative estimate of drug-likeness (QED) is 0.786. The fraction of sp³-hybridized carbons (Fsp3) is 0.500. The highest BCUT2D eigenvalue weighted by Crippen LogP contribution is 2.33. The highest BCUT2D eigenvalue weighted by atomic mass is 32.1. The standard InChI is InChI=1S/C10H12O2S/c11-5-8-4-7(6-13-8)9-2-1-3-10(9)12/h4,6,9,11H,1-3,5H2. The van der Waals surface area contributed by atoms with Gasteiger partial charge in [0.25, 0.3) is 0 Å². The van der Waals surface area contributed by atoms with Crippen LogP contribution in [-0.4, -0.2) is 10.9 Å². The molecule has 1 N–H and O–H groups in total. The van der Waals surface area contributed by atoms with E-state index in [9.17, 15) is 4.79 Å². The molecule has 0 aliphatic heterocycles. The number of rotatable bonds is 2. The minimum Gasteiger partial charge on any atom is -0.391 e. The van der Waals surface area contributed by atoms with Gasteiger partial charge in [-0.05, 0) is 29.9 Å². The predicted octanol–water partition coefficient (Wildman–Crippen LogP) is 2.08. The van der Waals surface area contributed by atoms with E-state index in [1.165, 1.54) is 11.3 Å². The minimum absolute atomic E-state index is 0.0889. The number of carbonyl (C=O) groups is 1. The SMILES string of the molecule is O=C1CCCC1c1csc(CO)c1. The molecule has 1 fully saturated rings. The Kier molecular flexibility index (Phi) is 2.47. The molecular weight excluding hydrogens is 184 g/mol. The lowest BCUT2D eigenvalue weighted by atomic mass is 10.00. The van der Waals surface area contributed by atoms with Gasteiger partial charge in [-0.2, -0.15) is 0 Å². The van der Waals surface area contributed by atoms with Crippen molar-refractivity contribution < 1.29 is 9.90 Å². The molecule has 1 saturated carbocycles. The maximum atomic E-state index is 11.4. The van der Waals surface area contributed by atoms with Gasteiger partial charge in [0.15, 0.2) is 0 Å². The first-order chi connectivity index (χ1) is 6.31. The van der Waals surface area contributed by atoms with E-state index in [0.29, 0.717) is 5.78 Å². The first-order valence-electron chi connectivity index (χ1n) is 4.52. The number of Topliss-reactive ketones (excluding diaryl/α,β-unsaturated/α-hetero) is 1. The van der Waals surface area contributed by atoms with Crippen LogP contribution in [0.3, 0.4) is 0 Å². The van der Waals surface area contributed by atoms with Crippen LogP contribution in [0.1, 0.15) is 35.6 Å². The van der Waals surface area contributed by atoms with E-state index >= 15 is 0 Å². The van der Waals surface area contributed by atoms with Crippen LogP contribution in [-0.2, 0) is 11.4 Å². The van der Waals surface area contributed by atoms with E-state index < -0.39 is 0 Å². The number of hydrogen-bond acceptors (Lipinski definition) is 3. The van der Waals surface area contributed by atoms with Crippen molar-refractivity contribution in [2.45, 2.75) is 31.8 Å². The molecule has 70 valence electrons. The Bertz CT molecular complexity index is 316. The van der Waals surface area contributed by atoms with Crippen molar-refractivity contribution >= 4 is 17.1 Å². The Labute approximate surface area is 81.2 Å². The average Bonchev–Trinajstić information content (AvgIpc) is 2.71. The summed E-state index contributed by atoms with van der Waals surface area (Å²) in [7, 11) is 0. The van der Waals surface area contributed by atoms with Gasteiger partial charge in [-0.25, -0.2) is 0 Å². The molecule has 2 nitrogen and oxygen atoms in total. The third-order valence-corrected chi connectivity index (χ3v) is 3.48. The monoisotopic (exact) mass is 196 g/mol. The fourth-order valence-corrected chi connectivity index (χ4v) is 2.63. The fourth-order valence-electron chi connectivity index (χ4n) is 1.83. The largest absolute Gasteiger partial charge is 0.391 e. The molecule has 2 rings (SSSR count). The first kappa shape index (κ1) is 8.91. The topological polar surface area (TPSA) is 37.3 Å².